The number of rotatable bonds is 4. The van der Waals surface area contributed by atoms with E-state index in [1.165, 1.54) is 5.56 Å². The number of carbonyl (C=O) groups is 1. The molecule has 0 spiro atoms. The molecule has 0 saturated heterocycles. The van der Waals surface area contributed by atoms with Crippen molar-refractivity contribution in [2.45, 2.75) is 51.6 Å². The second kappa shape index (κ2) is 6.64. The Morgan fingerprint density at radius 2 is 1.85 bits per heavy atom. The molecule has 0 bridgehead atoms. The zero-order chi connectivity index (χ0) is 18.1. The molecule has 26 heavy (non-hydrogen) atoms. The normalized spacial score (nSPS) is 19.2. The van der Waals surface area contributed by atoms with Gasteiger partial charge >= 0.3 is 0 Å². The highest BCUT2D eigenvalue weighted by atomic mass is 16.5. The molecule has 1 atom stereocenters. The average Bonchev–Trinajstić information content (AvgIpc) is 3.01. The molecule has 1 aliphatic rings. The minimum absolute atomic E-state index is 0.0480. The molecule has 3 nitrogen and oxygen atoms in total. The molecule has 0 amide bonds. The van der Waals surface area contributed by atoms with Crippen molar-refractivity contribution in [1.29, 1.82) is 0 Å². The fraction of sp³-hybridized carbons (Fsp3) is 0.348. The zero-order valence-electron chi connectivity index (χ0n) is 15.5. The van der Waals surface area contributed by atoms with Gasteiger partial charge in [0.25, 0.3) is 0 Å². The lowest BCUT2D eigenvalue weighted by atomic mass is 9.82. The third-order valence-corrected chi connectivity index (χ3v) is 5.53. The number of aromatic nitrogens is 1. The van der Waals surface area contributed by atoms with Crippen LogP contribution in [-0.4, -0.2) is 10.5 Å². The maximum atomic E-state index is 12.3. The molecule has 1 aliphatic heterocycles. The van der Waals surface area contributed by atoms with Gasteiger partial charge in [0.15, 0.2) is 0 Å². The first-order chi connectivity index (χ1) is 12.7. The summed E-state index contributed by atoms with van der Waals surface area (Å²) in [5, 5.41) is 1.04. The number of benzene rings is 2. The van der Waals surface area contributed by atoms with Crippen LogP contribution in [0.25, 0.3) is 10.9 Å². The molecule has 0 saturated carbocycles. The summed E-state index contributed by atoms with van der Waals surface area (Å²) in [5.41, 5.74) is 2.89. The fourth-order valence-electron chi connectivity index (χ4n) is 4.26. The molecule has 0 aliphatic carbocycles. The molecule has 0 N–H and O–H groups in total. The third kappa shape index (κ3) is 2.63. The van der Waals surface area contributed by atoms with E-state index in [9.17, 15) is 4.79 Å². The lowest BCUT2D eigenvalue weighted by molar-refractivity contribution is 0.0317. The van der Waals surface area contributed by atoms with E-state index >= 15 is 0 Å². The Bertz CT molecular complexity index is 942. The maximum absolute atomic E-state index is 12.3. The van der Waals surface area contributed by atoms with Gasteiger partial charge in [-0.1, -0.05) is 55.8 Å². The highest BCUT2D eigenvalue weighted by molar-refractivity contribution is 5.97. The van der Waals surface area contributed by atoms with Crippen LogP contribution < -0.4 is 4.74 Å². The van der Waals surface area contributed by atoms with Crippen molar-refractivity contribution in [1.82, 2.24) is 4.57 Å². The molecule has 1 aromatic heterocycles. The summed E-state index contributed by atoms with van der Waals surface area (Å²) in [5.74, 6) is 0.939. The number of para-hydroxylation sites is 1. The Labute approximate surface area is 154 Å². The number of nitrogens with zero attached hydrogens (tertiary/aromatic N) is 1. The van der Waals surface area contributed by atoms with Crippen LogP contribution in [0.5, 0.6) is 5.75 Å². The number of fused-ring (bicyclic) bond motifs is 3. The van der Waals surface area contributed by atoms with Gasteiger partial charge in [0.1, 0.15) is 11.4 Å². The van der Waals surface area contributed by atoms with Crippen molar-refractivity contribution in [3.63, 3.8) is 0 Å². The summed E-state index contributed by atoms with van der Waals surface area (Å²) in [7, 11) is 0. The molecule has 2 heterocycles. The van der Waals surface area contributed by atoms with E-state index < -0.39 is 0 Å². The van der Waals surface area contributed by atoms with Crippen LogP contribution in [0.2, 0.25) is 0 Å². The summed E-state index contributed by atoms with van der Waals surface area (Å²) in [6.07, 6.45) is 5.00. The van der Waals surface area contributed by atoms with Crippen molar-refractivity contribution in [3.05, 3.63) is 65.9 Å². The topological polar surface area (TPSA) is 31.2 Å². The second-order valence-electron chi connectivity index (χ2n) is 7.21. The molecule has 3 aromatic rings. The first kappa shape index (κ1) is 16.9. The number of unbranched alkanes of at least 4 members (excludes halogenated alkanes) is 1. The van der Waals surface area contributed by atoms with E-state index in [4.69, 9.17) is 4.74 Å². The van der Waals surface area contributed by atoms with Crippen molar-refractivity contribution in [2.75, 3.05) is 0 Å². The minimum atomic E-state index is -0.310. The van der Waals surface area contributed by atoms with Crippen molar-refractivity contribution in [3.8, 4) is 5.75 Å². The van der Waals surface area contributed by atoms with E-state index in [1.54, 1.807) is 6.92 Å². The van der Waals surface area contributed by atoms with Crippen LogP contribution in [0.4, 0.5) is 0 Å². The van der Waals surface area contributed by atoms with Crippen molar-refractivity contribution < 1.29 is 9.53 Å². The largest absolute Gasteiger partial charge is 0.480 e. The Hall–Kier alpha value is -2.55. The van der Waals surface area contributed by atoms with Gasteiger partial charge in [0, 0.05) is 12.3 Å². The Kier molecular flexibility index (Phi) is 4.31. The number of ether oxygens (including phenoxy) is 1. The summed E-state index contributed by atoms with van der Waals surface area (Å²) in [4.78, 5) is 12.3. The van der Waals surface area contributed by atoms with Gasteiger partial charge in [0.05, 0.1) is 11.2 Å². The molecular formula is C23H25NO2. The van der Waals surface area contributed by atoms with Gasteiger partial charge < -0.3 is 4.74 Å². The molecule has 3 heteroatoms. The predicted octanol–water partition coefficient (Wildman–Crippen LogP) is 5.71. The Morgan fingerprint density at radius 3 is 2.58 bits per heavy atom. The van der Waals surface area contributed by atoms with Crippen LogP contribution in [0.3, 0.4) is 0 Å². The molecule has 0 radical (unpaired) electrons. The number of hydrogen-bond donors (Lipinski definition) is 0. The second-order valence-corrected chi connectivity index (χ2v) is 7.21. The van der Waals surface area contributed by atoms with Crippen LogP contribution >= 0.6 is 0 Å². The smallest absolute Gasteiger partial charge is 0.228 e. The van der Waals surface area contributed by atoms with Crippen LogP contribution in [-0.2, 0) is 12.0 Å². The average molecular weight is 347 g/mol. The van der Waals surface area contributed by atoms with Crippen LogP contribution in [0.15, 0.2) is 54.6 Å². The highest BCUT2D eigenvalue weighted by Gasteiger charge is 2.40. The van der Waals surface area contributed by atoms with Crippen LogP contribution in [0, 0.1) is 0 Å². The van der Waals surface area contributed by atoms with E-state index in [-0.39, 0.29) is 11.5 Å². The lowest BCUT2D eigenvalue weighted by Crippen LogP contribution is -2.37. The lowest BCUT2D eigenvalue weighted by Gasteiger charge is -2.39. The van der Waals surface area contributed by atoms with Crippen molar-refractivity contribution >= 4 is 16.8 Å². The highest BCUT2D eigenvalue weighted by Crippen LogP contribution is 2.47. The van der Waals surface area contributed by atoms with E-state index in [2.05, 4.69) is 37.3 Å². The molecule has 2 aromatic carbocycles. The van der Waals surface area contributed by atoms with E-state index in [1.807, 2.05) is 28.8 Å². The fourth-order valence-corrected chi connectivity index (χ4v) is 4.26. The van der Waals surface area contributed by atoms with Gasteiger partial charge in [-0.25, -0.2) is 0 Å². The number of carbonyl (C=O) groups excluding carboxylic acids is 1. The summed E-state index contributed by atoms with van der Waals surface area (Å²) < 4.78 is 8.61. The standard InChI is InChI=1S/C23H25NO2/c1-3-4-15-23(18-10-6-5-7-11-18)16-14-21-22(26-23)19-12-8-9-13-20(19)24(21)17(2)25/h5-13H,3-4,14-16H2,1-2H3. The van der Waals surface area contributed by atoms with Gasteiger partial charge in [-0.05, 0) is 43.4 Å². The van der Waals surface area contributed by atoms with Crippen molar-refractivity contribution in [2.24, 2.45) is 0 Å². The van der Waals surface area contributed by atoms with Gasteiger partial charge in [-0.2, -0.15) is 0 Å². The molecular weight excluding hydrogens is 322 g/mol. The monoisotopic (exact) mass is 347 g/mol. The van der Waals surface area contributed by atoms with E-state index in [0.717, 1.165) is 54.5 Å². The van der Waals surface area contributed by atoms with Crippen LogP contribution in [0.1, 0.15) is 55.6 Å². The summed E-state index contributed by atoms with van der Waals surface area (Å²) in [6.45, 7) is 3.84. The Balaban J connectivity index is 1.88. The summed E-state index contributed by atoms with van der Waals surface area (Å²) >= 11 is 0. The third-order valence-electron chi connectivity index (χ3n) is 5.53. The summed E-state index contributed by atoms with van der Waals surface area (Å²) in [6, 6.07) is 18.6. The van der Waals surface area contributed by atoms with E-state index in [0.29, 0.717) is 0 Å². The Morgan fingerprint density at radius 1 is 1.12 bits per heavy atom. The van der Waals surface area contributed by atoms with Gasteiger partial charge in [-0.3, -0.25) is 9.36 Å². The zero-order valence-corrected chi connectivity index (χ0v) is 15.5. The van der Waals surface area contributed by atoms with Gasteiger partial charge in [-0.15, -0.1) is 0 Å². The molecule has 134 valence electrons. The molecule has 1 unspecified atom stereocenters. The maximum Gasteiger partial charge on any atom is 0.228 e. The first-order valence-corrected chi connectivity index (χ1v) is 9.54. The predicted molar refractivity (Wildman–Crippen MR) is 105 cm³/mol. The van der Waals surface area contributed by atoms with Gasteiger partial charge in [0.2, 0.25) is 5.91 Å². The quantitative estimate of drug-likeness (QED) is 0.605. The molecule has 4 rings (SSSR count). The molecule has 0 fully saturated rings. The first-order valence-electron chi connectivity index (χ1n) is 9.54. The number of hydrogen-bond acceptors (Lipinski definition) is 2. The SMILES string of the molecule is CCCCC1(c2ccccc2)CCc2c(c3ccccc3n2C(C)=O)O1. The minimum Gasteiger partial charge on any atom is -0.480 e.